The van der Waals surface area contributed by atoms with Crippen molar-refractivity contribution < 1.29 is 27.1 Å². The molecule has 0 aliphatic carbocycles. The van der Waals surface area contributed by atoms with E-state index in [1.807, 2.05) is 19.9 Å². The van der Waals surface area contributed by atoms with Gasteiger partial charge in [-0.05, 0) is 74.2 Å². The first kappa shape index (κ1) is 26.4. The minimum Gasteiger partial charge on any atom is -0.379 e. The maximum Gasteiger partial charge on any atom is 0.252 e. The molecule has 0 saturated carbocycles. The summed E-state index contributed by atoms with van der Waals surface area (Å²) >= 11 is 0. The summed E-state index contributed by atoms with van der Waals surface area (Å²) in [4.78, 5) is 29.7. The van der Waals surface area contributed by atoms with Crippen LogP contribution in [0.4, 0.5) is 10.1 Å². The van der Waals surface area contributed by atoms with Gasteiger partial charge in [0, 0.05) is 26.2 Å². The highest BCUT2D eigenvalue weighted by Crippen LogP contribution is 2.33. The lowest BCUT2D eigenvalue weighted by Crippen LogP contribution is -2.49. The second kappa shape index (κ2) is 10.4. The van der Waals surface area contributed by atoms with E-state index in [-0.39, 0.29) is 23.5 Å². The van der Waals surface area contributed by atoms with Crippen LogP contribution in [-0.4, -0.2) is 74.9 Å². The molecule has 1 atom stereocenters. The molecule has 2 aliphatic rings. The van der Waals surface area contributed by atoms with Gasteiger partial charge in [-0.2, -0.15) is 4.31 Å². The molecule has 2 aromatic carbocycles. The Kier molecular flexibility index (Phi) is 7.61. The van der Waals surface area contributed by atoms with Gasteiger partial charge in [0.25, 0.3) is 5.91 Å². The predicted octanol–water partition coefficient (Wildman–Crippen LogP) is 2.71. The molecule has 0 N–H and O–H groups in total. The van der Waals surface area contributed by atoms with Gasteiger partial charge in [-0.25, -0.2) is 17.7 Å². The second-order valence-electron chi connectivity index (χ2n) is 9.42. The van der Waals surface area contributed by atoms with Gasteiger partial charge < -0.3 is 4.74 Å². The van der Waals surface area contributed by atoms with Crippen LogP contribution < -0.4 is 4.90 Å². The van der Waals surface area contributed by atoms with Crippen LogP contribution in [0.25, 0.3) is 0 Å². The number of rotatable bonds is 7. The lowest BCUT2D eigenvalue weighted by Gasteiger charge is -2.32. The van der Waals surface area contributed by atoms with Crippen molar-refractivity contribution in [2.75, 3.05) is 44.3 Å². The first-order valence-corrected chi connectivity index (χ1v) is 13.5. The molecule has 36 heavy (non-hydrogen) atoms. The monoisotopic (exact) mass is 517 g/mol. The molecule has 0 spiro atoms. The second-order valence-corrected chi connectivity index (χ2v) is 11.3. The Balaban J connectivity index is 1.74. The molecule has 8 nitrogen and oxygen atoms in total. The highest BCUT2D eigenvalue weighted by molar-refractivity contribution is 7.89. The number of halogens is 1. The van der Waals surface area contributed by atoms with Crippen LogP contribution in [0.3, 0.4) is 0 Å². The van der Waals surface area contributed by atoms with Crippen LogP contribution >= 0.6 is 0 Å². The average molecular weight is 518 g/mol. The lowest BCUT2D eigenvalue weighted by atomic mass is 10.0. The quantitative estimate of drug-likeness (QED) is 0.525. The van der Waals surface area contributed by atoms with Crippen molar-refractivity contribution in [3.63, 3.8) is 0 Å². The predicted molar refractivity (Wildman–Crippen MR) is 134 cm³/mol. The highest BCUT2D eigenvalue weighted by atomic mass is 32.2. The van der Waals surface area contributed by atoms with E-state index in [1.54, 1.807) is 13.8 Å². The highest BCUT2D eigenvalue weighted by Gasteiger charge is 2.47. The molecule has 2 aromatic rings. The standard InChI is InChI=1S/C26H32FN3O5S/c1-17-15-18(2)20(4)25(19(17)3)36(33,34)29(10-9-28-11-13-35-14-12-28)23-16-24(31)30(26(23)32)22-7-5-21(27)6-8-22/h5-8,15,23H,9-14,16H2,1-4H3. The third-order valence-corrected chi connectivity index (χ3v) is 9.34. The zero-order valence-corrected chi connectivity index (χ0v) is 21.9. The zero-order valence-electron chi connectivity index (χ0n) is 21.1. The van der Waals surface area contributed by atoms with Crippen LogP contribution in [0.15, 0.2) is 35.2 Å². The number of aryl methyl sites for hydroxylation is 2. The summed E-state index contributed by atoms with van der Waals surface area (Å²) in [5, 5.41) is 0. The van der Waals surface area contributed by atoms with Gasteiger partial charge in [-0.1, -0.05) is 6.07 Å². The number of benzene rings is 2. The minimum absolute atomic E-state index is 0.0507. The van der Waals surface area contributed by atoms with Gasteiger partial charge in [-0.15, -0.1) is 0 Å². The first-order chi connectivity index (χ1) is 17.0. The van der Waals surface area contributed by atoms with Gasteiger partial charge in [0.15, 0.2) is 0 Å². The van der Waals surface area contributed by atoms with Gasteiger partial charge in [0.05, 0.1) is 30.2 Å². The third-order valence-electron chi connectivity index (χ3n) is 7.16. The number of hydrogen-bond acceptors (Lipinski definition) is 6. The van der Waals surface area contributed by atoms with Gasteiger partial charge in [0.1, 0.15) is 11.9 Å². The number of carbonyl (C=O) groups is 2. The molecule has 10 heteroatoms. The van der Waals surface area contributed by atoms with Crippen LogP contribution in [-0.2, 0) is 24.3 Å². The van der Waals surface area contributed by atoms with Crippen molar-refractivity contribution >= 4 is 27.5 Å². The molecule has 2 amide bonds. The maximum atomic E-state index is 14.2. The van der Waals surface area contributed by atoms with E-state index < -0.39 is 33.7 Å². The molecular formula is C26H32FN3O5S. The Hall–Kier alpha value is -2.66. The van der Waals surface area contributed by atoms with Crippen molar-refractivity contribution in [2.24, 2.45) is 0 Å². The number of sulfonamides is 1. The summed E-state index contributed by atoms with van der Waals surface area (Å²) in [7, 11) is -4.14. The largest absolute Gasteiger partial charge is 0.379 e. The molecular weight excluding hydrogens is 485 g/mol. The molecule has 1 unspecified atom stereocenters. The molecule has 2 saturated heterocycles. The fraction of sp³-hybridized carbons (Fsp3) is 0.462. The molecule has 4 rings (SSSR count). The normalized spacial score (nSPS) is 19.5. The van der Waals surface area contributed by atoms with Crippen molar-refractivity contribution in [1.29, 1.82) is 0 Å². The van der Waals surface area contributed by atoms with Gasteiger partial charge in [0.2, 0.25) is 15.9 Å². The summed E-state index contributed by atoms with van der Waals surface area (Å²) in [6.45, 7) is 10.1. The summed E-state index contributed by atoms with van der Waals surface area (Å²) in [5.74, 6) is -1.64. The van der Waals surface area contributed by atoms with E-state index in [2.05, 4.69) is 4.90 Å². The Bertz CT molecular complexity index is 1250. The minimum atomic E-state index is -4.14. The van der Waals surface area contributed by atoms with E-state index in [0.717, 1.165) is 16.0 Å². The Labute approximate surface area is 211 Å². The molecule has 2 heterocycles. The number of nitrogens with zero attached hydrogens (tertiary/aromatic N) is 3. The fourth-order valence-corrected chi connectivity index (χ4v) is 7.05. The zero-order chi connectivity index (χ0) is 26.2. The first-order valence-electron chi connectivity index (χ1n) is 12.0. The Morgan fingerprint density at radius 1 is 1.00 bits per heavy atom. The number of amides is 2. The summed E-state index contributed by atoms with van der Waals surface area (Å²) in [6.07, 6.45) is -0.276. The fourth-order valence-electron chi connectivity index (χ4n) is 4.90. The van der Waals surface area contributed by atoms with Crippen molar-refractivity contribution in [3.05, 3.63) is 58.4 Å². The molecule has 2 fully saturated rings. The number of imide groups is 1. The maximum absolute atomic E-state index is 14.2. The van der Waals surface area contributed by atoms with Gasteiger partial charge >= 0.3 is 0 Å². The molecule has 0 radical (unpaired) electrons. The van der Waals surface area contributed by atoms with E-state index in [9.17, 15) is 22.4 Å². The summed E-state index contributed by atoms with van der Waals surface area (Å²) < 4.78 is 48.5. The molecule has 0 aromatic heterocycles. The Morgan fingerprint density at radius 3 is 2.17 bits per heavy atom. The van der Waals surface area contributed by atoms with Crippen molar-refractivity contribution in [2.45, 2.75) is 45.1 Å². The topological polar surface area (TPSA) is 87.2 Å². The third kappa shape index (κ3) is 4.95. The summed E-state index contributed by atoms with van der Waals surface area (Å²) in [6, 6.07) is 5.78. The number of ether oxygens (including phenoxy) is 1. The van der Waals surface area contributed by atoms with Crippen molar-refractivity contribution in [1.82, 2.24) is 9.21 Å². The lowest BCUT2D eigenvalue weighted by molar-refractivity contribution is -0.122. The number of anilines is 1. The summed E-state index contributed by atoms with van der Waals surface area (Å²) in [5.41, 5.74) is 3.15. The number of hydrogen-bond donors (Lipinski definition) is 0. The van der Waals surface area contributed by atoms with Crippen molar-refractivity contribution in [3.8, 4) is 0 Å². The van der Waals surface area contributed by atoms with Crippen LogP contribution in [0.5, 0.6) is 0 Å². The molecule has 194 valence electrons. The number of carbonyl (C=O) groups excluding carboxylic acids is 2. The number of morpholine rings is 1. The van der Waals surface area contributed by atoms with E-state index in [4.69, 9.17) is 4.74 Å². The van der Waals surface area contributed by atoms with E-state index >= 15 is 0 Å². The van der Waals surface area contributed by atoms with Crippen LogP contribution in [0, 0.1) is 33.5 Å². The molecule has 2 aliphatic heterocycles. The Morgan fingerprint density at radius 2 is 1.58 bits per heavy atom. The smallest absolute Gasteiger partial charge is 0.252 e. The SMILES string of the molecule is Cc1cc(C)c(C)c(S(=O)(=O)N(CCN2CCOCC2)C2CC(=O)N(c3ccc(F)cc3)C2=O)c1C. The van der Waals surface area contributed by atoms with Gasteiger partial charge in [-0.3, -0.25) is 14.5 Å². The van der Waals surface area contributed by atoms with Crippen LogP contribution in [0.2, 0.25) is 0 Å². The van der Waals surface area contributed by atoms with E-state index in [1.165, 1.54) is 28.6 Å². The average Bonchev–Trinajstić information content (AvgIpc) is 3.12. The van der Waals surface area contributed by atoms with Crippen LogP contribution in [0.1, 0.15) is 28.7 Å². The molecule has 0 bridgehead atoms. The van der Waals surface area contributed by atoms with E-state index in [0.29, 0.717) is 44.0 Å².